The van der Waals surface area contributed by atoms with Gasteiger partial charge in [-0.25, -0.2) is 0 Å². The van der Waals surface area contributed by atoms with Crippen LogP contribution in [0.15, 0.2) is 0 Å². The molecule has 0 aromatic carbocycles. The minimum atomic E-state index is 0.272. The summed E-state index contributed by atoms with van der Waals surface area (Å²) in [6.07, 6.45) is 2.35. The molecular weight excluding hydrogens is 212 g/mol. The van der Waals surface area contributed by atoms with Gasteiger partial charge >= 0.3 is 0 Å². The largest absolute Gasteiger partial charge is 0.342 e. The SMILES string of the molecule is CC(C)C(CNCC(=O)N1CCCC1)C(C)C. The third-order valence-corrected chi connectivity index (χ3v) is 3.83. The van der Waals surface area contributed by atoms with Gasteiger partial charge in [-0.1, -0.05) is 27.7 Å². The summed E-state index contributed by atoms with van der Waals surface area (Å²) < 4.78 is 0. The predicted molar refractivity (Wildman–Crippen MR) is 71.8 cm³/mol. The van der Waals surface area contributed by atoms with Crippen molar-refractivity contribution in [3.8, 4) is 0 Å². The molecule has 1 rings (SSSR count). The van der Waals surface area contributed by atoms with Crippen molar-refractivity contribution in [2.75, 3.05) is 26.2 Å². The van der Waals surface area contributed by atoms with Gasteiger partial charge in [-0.2, -0.15) is 0 Å². The lowest BCUT2D eigenvalue weighted by atomic mass is 9.85. The van der Waals surface area contributed by atoms with E-state index in [1.54, 1.807) is 0 Å². The maximum absolute atomic E-state index is 11.8. The topological polar surface area (TPSA) is 32.3 Å². The number of nitrogens with zero attached hydrogens (tertiary/aromatic N) is 1. The first-order chi connectivity index (χ1) is 8.02. The zero-order chi connectivity index (χ0) is 12.8. The van der Waals surface area contributed by atoms with E-state index in [1.165, 1.54) is 12.8 Å². The Bertz CT molecular complexity index is 224. The van der Waals surface area contributed by atoms with E-state index in [1.807, 2.05) is 4.90 Å². The van der Waals surface area contributed by atoms with E-state index in [2.05, 4.69) is 33.0 Å². The molecule has 0 aliphatic carbocycles. The molecule has 0 atom stereocenters. The third-order valence-electron chi connectivity index (χ3n) is 3.83. The predicted octanol–water partition coefficient (Wildman–Crippen LogP) is 2.13. The normalized spacial score (nSPS) is 16.5. The number of carbonyl (C=O) groups excluding carboxylic acids is 1. The maximum Gasteiger partial charge on any atom is 0.236 e. The van der Waals surface area contributed by atoms with E-state index < -0.39 is 0 Å². The van der Waals surface area contributed by atoms with Gasteiger partial charge in [0.25, 0.3) is 0 Å². The van der Waals surface area contributed by atoms with Gasteiger partial charge < -0.3 is 10.2 Å². The molecule has 0 aromatic rings. The van der Waals surface area contributed by atoms with Crippen LogP contribution in [-0.2, 0) is 4.79 Å². The number of nitrogens with one attached hydrogen (secondary N) is 1. The van der Waals surface area contributed by atoms with Crippen LogP contribution in [-0.4, -0.2) is 37.0 Å². The number of hydrogen-bond acceptors (Lipinski definition) is 2. The summed E-state index contributed by atoms with van der Waals surface area (Å²) in [5.41, 5.74) is 0. The van der Waals surface area contributed by atoms with Gasteiger partial charge in [-0.15, -0.1) is 0 Å². The van der Waals surface area contributed by atoms with Gasteiger partial charge in [0, 0.05) is 13.1 Å². The molecule has 1 aliphatic rings. The molecule has 1 heterocycles. The van der Waals surface area contributed by atoms with Crippen LogP contribution in [0.5, 0.6) is 0 Å². The Morgan fingerprint density at radius 2 is 1.65 bits per heavy atom. The highest BCUT2D eigenvalue weighted by Crippen LogP contribution is 2.19. The number of amides is 1. The Morgan fingerprint density at radius 3 is 2.12 bits per heavy atom. The molecule has 0 aromatic heterocycles. The van der Waals surface area contributed by atoms with E-state index in [4.69, 9.17) is 0 Å². The number of hydrogen-bond donors (Lipinski definition) is 1. The molecule has 0 radical (unpaired) electrons. The molecule has 1 fully saturated rings. The van der Waals surface area contributed by atoms with E-state index in [0.29, 0.717) is 24.3 Å². The fourth-order valence-electron chi connectivity index (χ4n) is 2.67. The Hall–Kier alpha value is -0.570. The fourth-order valence-corrected chi connectivity index (χ4v) is 2.67. The van der Waals surface area contributed by atoms with E-state index in [-0.39, 0.29) is 5.91 Å². The third kappa shape index (κ3) is 4.66. The molecule has 3 nitrogen and oxygen atoms in total. The van der Waals surface area contributed by atoms with Gasteiger partial charge in [0.1, 0.15) is 0 Å². The van der Waals surface area contributed by atoms with Crippen molar-refractivity contribution in [1.82, 2.24) is 10.2 Å². The molecular formula is C14H28N2O. The van der Waals surface area contributed by atoms with Crippen LogP contribution >= 0.6 is 0 Å². The first-order valence-electron chi connectivity index (χ1n) is 7.01. The summed E-state index contributed by atoms with van der Waals surface area (Å²) in [5, 5.41) is 3.33. The molecule has 3 heteroatoms. The van der Waals surface area contributed by atoms with Gasteiger partial charge in [0.15, 0.2) is 0 Å². The van der Waals surface area contributed by atoms with Gasteiger partial charge in [-0.05, 0) is 37.1 Å². The second-order valence-corrected chi connectivity index (χ2v) is 5.87. The van der Waals surface area contributed by atoms with Crippen LogP contribution in [0.25, 0.3) is 0 Å². The van der Waals surface area contributed by atoms with E-state index in [9.17, 15) is 4.79 Å². The van der Waals surface area contributed by atoms with Crippen LogP contribution in [0.3, 0.4) is 0 Å². The highest BCUT2D eigenvalue weighted by molar-refractivity contribution is 5.78. The number of likely N-dealkylation sites (tertiary alicyclic amines) is 1. The quantitative estimate of drug-likeness (QED) is 0.771. The summed E-state index contributed by atoms with van der Waals surface area (Å²) in [6.45, 7) is 12.4. The van der Waals surface area contributed by atoms with Gasteiger partial charge in [0.2, 0.25) is 5.91 Å². The molecule has 1 saturated heterocycles. The van der Waals surface area contributed by atoms with Crippen molar-refractivity contribution in [3.05, 3.63) is 0 Å². The molecule has 1 aliphatic heterocycles. The monoisotopic (exact) mass is 240 g/mol. The lowest BCUT2D eigenvalue weighted by Crippen LogP contribution is -2.39. The fraction of sp³-hybridized carbons (Fsp3) is 0.929. The van der Waals surface area contributed by atoms with Crippen molar-refractivity contribution < 1.29 is 4.79 Å². The van der Waals surface area contributed by atoms with Crippen molar-refractivity contribution in [2.24, 2.45) is 17.8 Å². The average Bonchev–Trinajstić information content (AvgIpc) is 2.76. The Kier molecular flexibility index (Phi) is 5.96. The summed E-state index contributed by atoms with van der Waals surface area (Å²) >= 11 is 0. The van der Waals surface area contributed by atoms with Crippen LogP contribution in [0.1, 0.15) is 40.5 Å². The van der Waals surface area contributed by atoms with Gasteiger partial charge in [-0.3, -0.25) is 4.79 Å². The van der Waals surface area contributed by atoms with E-state index >= 15 is 0 Å². The first kappa shape index (κ1) is 14.5. The van der Waals surface area contributed by atoms with Crippen LogP contribution < -0.4 is 5.32 Å². The minimum Gasteiger partial charge on any atom is -0.342 e. The number of rotatable bonds is 6. The lowest BCUT2D eigenvalue weighted by molar-refractivity contribution is -0.129. The van der Waals surface area contributed by atoms with Crippen LogP contribution in [0.4, 0.5) is 0 Å². The molecule has 1 N–H and O–H groups in total. The Labute approximate surface area is 106 Å². The molecule has 0 saturated carbocycles. The van der Waals surface area contributed by atoms with Crippen LogP contribution in [0.2, 0.25) is 0 Å². The Morgan fingerprint density at radius 1 is 1.12 bits per heavy atom. The van der Waals surface area contributed by atoms with Gasteiger partial charge in [0.05, 0.1) is 6.54 Å². The standard InChI is InChI=1S/C14H28N2O/c1-11(2)13(12(3)4)9-15-10-14(17)16-7-5-6-8-16/h11-13,15H,5-10H2,1-4H3. The van der Waals surface area contributed by atoms with E-state index in [0.717, 1.165) is 19.6 Å². The smallest absolute Gasteiger partial charge is 0.236 e. The van der Waals surface area contributed by atoms with Crippen molar-refractivity contribution in [1.29, 1.82) is 0 Å². The van der Waals surface area contributed by atoms with Crippen molar-refractivity contribution in [2.45, 2.75) is 40.5 Å². The highest BCUT2D eigenvalue weighted by atomic mass is 16.2. The molecule has 100 valence electrons. The summed E-state index contributed by atoms with van der Waals surface area (Å²) in [5.74, 6) is 2.27. The maximum atomic E-state index is 11.8. The highest BCUT2D eigenvalue weighted by Gasteiger charge is 2.20. The second kappa shape index (κ2) is 7.00. The first-order valence-corrected chi connectivity index (χ1v) is 7.01. The van der Waals surface area contributed by atoms with Crippen LogP contribution in [0, 0.1) is 17.8 Å². The molecule has 0 spiro atoms. The average molecular weight is 240 g/mol. The summed E-state index contributed by atoms with van der Waals surface area (Å²) in [6, 6.07) is 0. The van der Waals surface area contributed by atoms with Crippen molar-refractivity contribution in [3.63, 3.8) is 0 Å². The minimum absolute atomic E-state index is 0.272. The zero-order valence-electron chi connectivity index (χ0n) is 11.8. The van der Waals surface area contributed by atoms with Crippen molar-refractivity contribution >= 4 is 5.91 Å². The molecule has 0 bridgehead atoms. The molecule has 17 heavy (non-hydrogen) atoms. The summed E-state index contributed by atoms with van der Waals surface area (Å²) in [7, 11) is 0. The summed E-state index contributed by atoms with van der Waals surface area (Å²) in [4.78, 5) is 13.8. The second-order valence-electron chi connectivity index (χ2n) is 5.87. The number of carbonyl (C=O) groups is 1. The molecule has 0 unspecified atom stereocenters. The molecule has 1 amide bonds. The zero-order valence-corrected chi connectivity index (χ0v) is 11.8. The lowest BCUT2D eigenvalue weighted by Gasteiger charge is -2.25. The Balaban J connectivity index is 2.23.